The van der Waals surface area contributed by atoms with Crippen LogP contribution in [-0.4, -0.2) is 9.91 Å². The number of nitro benzene ring substituents is 1. The summed E-state index contributed by atoms with van der Waals surface area (Å²) in [6.07, 6.45) is 1.87. The van der Waals surface area contributed by atoms with E-state index < -0.39 is 16.4 Å². The fourth-order valence-electron chi connectivity index (χ4n) is 2.18. The largest absolute Gasteiger partial charge is 0.381 e. The maximum atomic E-state index is 13.2. The van der Waals surface area contributed by atoms with Crippen LogP contribution in [-0.2, 0) is 6.54 Å². The number of hydrogen-bond donors (Lipinski definition) is 2. The first-order valence-corrected chi connectivity index (χ1v) is 6.37. The van der Waals surface area contributed by atoms with E-state index in [1.807, 2.05) is 30.5 Å². The Kier molecular flexibility index (Phi) is 3.27. The number of benzene rings is 2. The van der Waals surface area contributed by atoms with Crippen LogP contribution < -0.4 is 5.32 Å². The molecule has 0 atom stereocenters. The summed E-state index contributed by atoms with van der Waals surface area (Å²) in [5, 5.41) is 14.9. The van der Waals surface area contributed by atoms with Gasteiger partial charge in [0, 0.05) is 30.0 Å². The van der Waals surface area contributed by atoms with E-state index >= 15 is 0 Å². The van der Waals surface area contributed by atoms with Crippen molar-refractivity contribution in [2.24, 2.45) is 0 Å². The first kappa shape index (κ1) is 13.1. The number of fused-ring (bicyclic) bond motifs is 1. The van der Waals surface area contributed by atoms with E-state index in [1.165, 1.54) is 12.1 Å². The highest BCUT2D eigenvalue weighted by atomic mass is 19.1. The average Bonchev–Trinajstić information content (AvgIpc) is 2.93. The molecular formula is C15H12FN3O2. The zero-order chi connectivity index (χ0) is 14.8. The number of nitrogens with one attached hydrogen (secondary N) is 2. The van der Waals surface area contributed by atoms with E-state index in [9.17, 15) is 14.5 Å². The second-order valence-electron chi connectivity index (χ2n) is 4.68. The van der Waals surface area contributed by atoms with Crippen molar-refractivity contribution in [3.63, 3.8) is 0 Å². The molecule has 2 N–H and O–H groups in total. The third-order valence-corrected chi connectivity index (χ3v) is 3.26. The molecule has 0 unspecified atom stereocenters. The van der Waals surface area contributed by atoms with Gasteiger partial charge in [-0.2, -0.15) is 4.39 Å². The van der Waals surface area contributed by atoms with Gasteiger partial charge in [0.05, 0.1) is 4.92 Å². The van der Waals surface area contributed by atoms with E-state index in [4.69, 9.17) is 0 Å². The molecule has 0 saturated heterocycles. The maximum absolute atomic E-state index is 13.2. The van der Waals surface area contributed by atoms with Crippen molar-refractivity contribution in [1.29, 1.82) is 0 Å². The molecule has 0 amide bonds. The molecule has 0 bridgehead atoms. The predicted molar refractivity (Wildman–Crippen MR) is 78.7 cm³/mol. The van der Waals surface area contributed by atoms with Gasteiger partial charge >= 0.3 is 5.69 Å². The molecule has 3 rings (SSSR count). The van der Waals surface area contributed by atoms with Gasteiger partial charge in [0.15, 0.2) is 0 Å². The summed E-state index contributed by atoms with van der Waals surface area (Å²) in [6, 6.07) is 11.7. The minimum Gasteiger partial charge on any atom is -0.381 e. The van der Waals surface area contributed by atoms with Gasteiger partial charge < -0.3 is 10.3 Å². The second kappa shape index (κ2) is 5.24. The molecule has 0 aliphatic heterocycles. The van der Waals surface area contributed by atoms with Crippen molar-refractivity contribution in [3.8, 4) is 0 Å². The number of anilines is 1. The summed E-state index contributed by atoms with van der Waals surface area (Å²) < 4.78 is 13.2. The van der Waals surface area contributed by atoms with E-state index in [-0.39, 0.29) is 0 Å². The highest BCUT2D eigenvalue weighted by Crippen LogP contribution is 2.22. The number of nitro groups is 1. The van der Waals surface area contributed by atoms with Crippen LogP contribution in [0.1, 0.15) is 5.56 Å². The number of nitrogens with zero attached hydrogens (tertiary/aromatic N) is 1. The fourth-order valence-corrected chi connectivity index (χ4v) is 2.18. The second-order valence-corrected chi connectivity index (χ2v) is 4.68. The van der Waals surface area contributed by atoms with Crippen molar-refractivity contribution in [2.75, 3.05) is 5.32 Å². The van der Waals surface area contributed by atoms with Crippen LogP contribution >= 0.6 is 0 Å². The van der Waals surface area contributed by atoms with Crippen molar-refractivity contribution >= 4 is 22.3 Å². The van der Waals surface area contributed by atoms with Crippen molar-refractivity contribution in [1.82, 2.24) is 4.98 Å². The molecule has 3 aromatic rings. The Balaban J connectivity index is 1.77. The lowest BCUT2D eigenvalue weighted by molar-refractivity contribution is -0.387. The van der Waals surface area contributed by atoms with Gasteiger partial charge in [0.25, 0.3) is 0 Å². The quantitative estimate of drug-likeness (QED) is 0.565. The normalized spacial score (nSPS) is 10.7. The molecule has 1 aromatic heterocycles. The van der Waals surface area contributed by atoms with Gasteiger partial charge in [-0.15, -0.1) is 0 Å². The van der Waals surface area contributed by atoms with E-state index in [2.05, 4.69) is 10.3 Å². The lowest BCUT2D eigenvalue weighted by Crippen LogP contribution is -2.01. The third-order valence-electron chi connectivity index (χ3n) is 3.26. The Bertz CT molecular complexity index is 814. The van der Waals surface area contributed by atoms with Crippen LogP contribution in [0.15, 0.2) is 48.7 Å². The molecule has 0 spiro atoms. The molecule has 5 nitrogen and oxygen atoms in total. The minimum absolute atomic E-state index is 0.504. The molecule has 0 radical (unpaired) electrons. The SMILES string of the molecule is O=[N+]([O-])c1cc(NCc2ccc3[nH]ccc3c2)ccc1F. The summed E-state index contributed by atoms with van der Waals surface area (Å²) in [5.41, 5.74) is 2.07. The van der Waals surface area contributed by atoms with Crippen molar-refractivity contribution in [2.45, 2.75) is 6.54 Å². The first-order chi connectivity index (χ1) is 10.1. The van der Waals surface area contributed by atoms with Gasteiger partial charge in [-0.25, -0.2) is 0 Å². The number of aromatic amines is 1. The van der Waals surface area contributed by atoms with Crippen molar-refractivity contribution in [3.05, 3.63) is 70.2 Å². The fraction of sp³-hybridized carbons (Fsp3) is 0.0667. The Labute approximate surface area is 119 Å². The van der Waals surface area contributed by atoms with E-state index in [1.54, 1.807) is 0 Å². The van der Waals surface area contributed by atoms with E-state index in [0.717, 1.165) is 22.5 Å². The summed E-state index contributed by atoms with van der Waals surface area (Å²) >= 11 is 0. The summed E-state index contributed by atoms with van der Waals surface area (Å²) in [4.78, 5) is 13.1. The van der Waals surface area contributed by atoms with Crippen LogP contribution in [0.2, 0.25) is 0 Å². The Hall–Kier alpha value is -2.89. The van der Waals surface area contributed by atoms with Crippen molar-refractivity contribution < 1.29 is 9.31 Å². The molecule has 0 aliphatic rings. The molecule has 106 valence electrons. The van der Waals surface area contributed by atoms with E-state index in [0.29, 0.717) is 12.2 Å². The molecule has 2 aromatic carbocycles. The standard InChI is InChI=1S/C15H12FN3O2/c16-13-3-2-12(8-15(13)19(20)21)18-9-10-1-4-14-11(7-10)5-6-17-14/h1-8,17-18H,9H2. The lowest BCUT2D eigenvalue weighted by Gasteiger charge is -2.07. The van der Waals surface area contributed by atoms with Gasteiger partial charge in [0.1, 0.15) is 0 Å². The minimum atomic E-state index is -0.834. The average molecular weight is 285 g/mol. The number of H-pyrrole nitrogens is 1. The number of rotatable bonds is 4. The zero-order valence-electron chi connectivity index (χ0n) is 11.0. The summed E-state index contributed by atoms with van der Waals surface area (Å²) in [5.74, 6) is -0.834. The molecule has 0 aliphatic carbocycles. The Morgan fingerprint density at radius 2 is 2.05 bits per heavy atom. The molecule has 0 fully saturated rings. The molecule has 6 heteroatoms. The monoisotopic (exact) mass is 285 g/mol. The third kappa shape index (κ3) is 2.69. The van der Waals surface area contributed by atoms with Gasteiger partial charge in [-0.3, -0.25) is 10.1 Å². The molecule has 0 saturated carbocycles. The Morgan fingerprint density at radius 3 is 2.86 bits per heavy atom. The van der Waals surface area contributed by atoms with Gasteiger partial charge in [0.2, 0.25) is 5.82 Å². The predicted octanol–water partition coefficient (Wildman–Crippen LogP) is 3.83. The molecule has 21 heavy (non-hydrogen) atoms. The smallest absolute Gasteiger partial charge is 0.306 e. The zero-order valence-corrected chi connectivity index (χ0v) is 11.0. The van der Waals surface area contributed by atoms with Gasteiger partial charge in [-0.05, 0) is 41.3 Å². The lowest BCUT2D eigenvalue weighted by atomic mass is 10.1. The Morgan fingerprint density at radius 1 is 1.19 bits per heavy atom. The first-order valence-electron chi connectivity index (χ1n) is 6.37. The highest BCUT2D eigenvalue weighted by molar-refractivity contribution is 5.80. The summed E-state index contributed by atoms with van der Waals surface area (Å²) in [7, 11) is 0. The van der Waals surface area contributed by atoms with Crippen LogP contribution in [0.4, 0.5) is 15.8 Å². The summed E-state index contributed by atoms with van der Waals surface area (Å²) in [6.45, 7) is 0.504. The number of aromatic nitrogens is 1. The maximum Gasteiger partial charge on any atom is 0.306 e. The van der Waals surface area contributed by atoms with Crippen LogP contribution in [0, 0.1) is 15.9 Å². The highest BCUT2D eigenvalue weighted by Gasteiger charge is 2.14. The molecular weight excluding hydrogens is 273 g/mol. The molecule has 1 heterocycles. The van der Waals surface area contributed by atoms with Gasteiger partial charge in [-0.1, -0.05) is 6.07 Å². The van der Waals surface area contributed by atoms with Crippen LogP contribution in [0.25, 0.3) is 10.9 Å². The number of hydrogen-bond acceptors (Lipinski definition) is 3. The van der Waals surface area contributed by atoms with Crippen LogP contribution in [0.5, 0.6) is 0 Å². The van der Waals surface area contributed by atoms with Crippen LogP contribution in [0.3, 0.4) is 0 Å². The number of halogens is 1. The topological polar surface area (TPSA) is 71.0 Å².